The first-order valence-electron chi connectivity index (χ1n) is 5.36. The molecule has 0 aromatic carbocycles. The number of carboxylic acids is 2. The summed E-state index contributed by atoms with van der Waals surface area (Å²) < 4.78 is 1.62. The van der Waals surface area contributed by atoms with E-state index in [0.29, 0.717) is 11.5 Å². The molecule has 1 unspecified atom stereocenters. The van der Waals surface area contributed by atoms with E-state index in [2.05, 4.69) is 20.5 Å². The standard InChI is InChI=1S/C10H11N5O4/c1-5-13-14-9-8(11-2-3-15(5)9)12-6(10(18)19)4-7(16)17/h2-3,6H,4H2,1H3,(H,11,12)(H,16,17)(H,18,19). The number of hydrogen-bond donors (Lipinski definition) is 3. The second kappa shape index (κ2) is 4.88. The summed E-state index contributed by atoms with van der Waals surface area (Å²) in [6.45, 7) is 1.73. The zero-order valence-corrected chi connectivity index (χ0v) is 9.94. The topological polar surface area (TPSA) is 130 Å². The first-order valence-corrected chi connectivity index (χ1v) is 5.36. The Morgan fingerprint density at radius 2 is 2.16 bits per heavy atom. The van der Waals surface area contributed by atoms with Gasteiger partial charge in [0.2, 0.25) is 5.65 Å². The molecule has 0 radical (unpaired) electrons. The van der Waals surface area contributed by atoms with Crippen LogP contribution in [0.2, 0.25) is 0 Å². The highest BCUT2D eigenvalue weighted by Crippen LogP contribution is 2.14. The van der Waals surface area contributed by atoms with Crippen LogP contribution in [0.25, 0.3) is 5.65 Å². The Hall–Kier alpha value is -2.71. The zero-order valence-electron chi connectivity index (χ0n) is 9.94. The van der Waals surface area contributed by atoms with Crippen LogP contribution in [0.5, 0.6) is 0 Å². The molecule has 0 saturated carbocycles. The average Bonchev–Trinajstić information content (AvgIpc) is 2.71. The van der Waals surface area contributed by atoms with Gasteiger partial charge in [0.15, 0.2) is 5.82 Å². The number of nitrogens with one attached hydrogen (secondary N) is 1. The molecule has 3 N–H and O–H groups in total. The van der Waals surface area contributed by atoms with Crippen molar-refractivity contribution in [2.45, 2.75) is 19.4 Å². The number of carboxylic acid groups (broad SMARTS) is 2. The molecule has 9 nitrogen and oxygen atoms in total. The highest BCUT2D eigenvalue weighted by Gasteiger charge is 2.22. The van der Waals surface area contributed by atoms with Gasteiger partial charge in [-0.2, -0.15) is 0 Å². The van der Waals surface area contributed by atoms with Crippen molar-refractivity contribution in [3.05, 3.63) is 18.2 Å². The first kappa shape index (κ1) is 12.7. The SMILES string of the molecule is Cc1nnc2c(NC(CC(=O)O)C(=O)O)nccn12. The molecule has 0 bridgehead atoms. The minimum absolute atomic E-state index is 0.178. The lowest BCUT2D eigenvalue weighted by Crippen LogP contribution is -2.32. The third-order valence-electron chi connectivity index (χ3n) is 2.49. The van der Waals surface area contributed by atoms with E-state index in [1.807, 2.05) is 0 Å². The molecule has 0 aliphatic heterocycles. The molecule has 2 rings (SSSR count). The summed E-state index contributed by atoms with van der Waals surface area (Å²) in [7, 11) is 0. The molecule has 100 valence electrons. The smallest absolute Gasteiger partial charge is 0.326 e. The number of carbonyl (C=O) groups is 2. The summed E-state index contributed by atoms with van der Waals surface area (Å²) in [4.78, 5) is 25.6. The number of aromatic nitrogens is 4. The Morgan fingerprint density at radius 1 is 1.42 bits per heavy atom. The monoisotopic (exact) mass is 265 g/mol. The van der Waals surface area contributed by atoms with Crippen LogP contribution in [0.4, 0.5) is 5.82 Å². The number of rotatable bonds is 5. The van der Waals surface area contributed by atoms with Gasteiger partial charge in [-0.25, -0.2) is 9.78 Å². The minimum atomic E-state index is -1.28. The van der Waals surface area contributed by atoms with Gasteiger partial charge in [-0.15, -0.1) is 10.2 Å². The number of aryl methyl sites for hydroxylation is 1. The summed E-state index contributed by atoms with van der Waals surface area (Å²) in [6, 6.07) is -1.28. The van der Waals surface area contributed by atoms with E-state index in [4.69, 9.17) is 10.2 Å². The van der Waals surface area contributed by atoms with Gasteiger partial charge in [-0.1, -0.05) is 0 Å². The Kier molecular flexibility index (Phi) is 3.27. The van der Waals surface area contributed by atoms with Crippen molar-refractivity contribution in [1.82, 2.24) is 19.6 Å². The number of hydrogen-bond acceptors (Lipinski definition) is 6. The Labute approximate surface area is 106 Å². The minimum Gasteiger partial charge on any atom is -0.481 e. The molecule has 19 heavy (non-hydrogen) atoms. The molecule has 0 aliphatic rings. The van der Waals surface area contributed by atoms with Crippen LogP contribution < -0.4 is 5.32 Å². The zero-order chi connectivity index (χ0) is 14.0. The van der Waals surface area contributed by atoms with Crippen molar-refractivity contribution < 1.29 is 19.8 Å². The third kappa shape index (κ3) is 2.59. The van der Waals surface area contributed by atoms with Crippen LogP contribution in [0.15, 0.2) is 12.4 Å². The first-order chi connectivity index (χ1) is 8.99. The molecule has 2 aromatic rings. The van der Waals surface area contributed by atoms with Gasteiger partial charge in [0.1, 0.15) is 11.9 Å². The Morgan fingerprint density at radius 3 is 2.79 bits per heavy atom. The molecule has 0 aliphatic carbocycles. The van der Waals surface area contributed by atoms with E-state index in [0.717, 1.165) is 0 Å². The van der Waals surface area contributed by atoms with Crippen LogP contribution in [0.3, 0.4) is 0 Å². The number of anilines is 1. The molecule has 0 spiro atoms. The largest absolute Gasteiger partial charge is 0.481 e. The highest BCUT2D eigenvalue weighted by molar-refractivity contribution is 5.84. The summed E-state index contributed by atoms with van der Waals surface area (Å²) in [6.07, 6.45) is 2.51. The van der Waals surface area contributed by atoms with E-state index in [9.17, 15) is 9.59 Å². The van der Waals surface area contributed by atoms with Gasteiger partial charge >= 0.3 is 11.9 Å². The lowest BCUT2D eigenvalue weighted by Gasteiger charge is -2.12. The fourth-order valence-electron chi connectivity index (χ4n) is 1.58. The molecule has 0 fully saturated rings. The number of aliphatic carboxylic acids is 2. The Balaban J connectivity index is 2.33. The number of nitrogens with zero attached hydrogens (tertiary/aromatic N) is 4. The third-order valence-corrected chi connectivity index (χ3v) is 2.49. The van der Waals surface area contributed by atoms with Crippen molar-refractivity contribution in [3.8, 4) is 0 Å². The quantitative estimate of drug-likeness (QED) is 0.676. The maximum absolute atomic E-state index is 11.0. The molecule has 0 amide bonds. The Bertz CT molecular complexity index is 638. The van der Waals surface area contributed by atoms with Gasteiger partial charge in [-0.3, -0.25) is 9.20 Å². The molecule has 2 aromatic heterocycles. The van der Waals surface area contributed by atoms with Crippen LogP contribution in [-0.4, -0.2) is 47.8 Å². The maximum Gasteiger partial charge on any atom is 0.326 e. The van der Waals surface area contributed by atoms with Gasteiger partial charge in [0.05, 0.1) is 6.42 Å². The predicted octanol–water partition coefficient (Wildman–Crippen LogP) is -0.227. The molecule has 9 heteroatoms. The normalized spacial score (nSPS) is 12.3. The van der Waals surface area contributed by atoms with Crippen molar-refractivity contribution in [1.29, 1.82) is 0 Å². The van der Waals surface area contributed by atoms with Crippen LogP contribution >= 0.6 is 0 Å². The molecule has 1 atom stereocenters. The van der Waals surface area contributed by atoms with E-state index in [-0.39, 0.29) is 5.82 Å². The maximum atomic E-state index is 11.0. The van der Waals surface area contributed by atoms with Crippen molar-refractivity contribution in [2.75, 3.05) is 5.32 Å². The summed E-state index contributed by atoms with van der Waals surface area (Å²) >= 11 is 0. The van der Waals surface area contributed by atoms with Gasteiger partial charge in [0, 0.05) is 12.4 Å². The molecular formula is C10H11N5O4. The van der Waals surface area contributed by atoms with Crippen LogP contribution in [-0.2, 0) is 9.59 Å². The van der Waals surface area contributed by atoms with Gasteiger partial charge in [0.25, 0.3) is 0 Å². The van der Waals surface area contributed by atoms with Crippen molar-refractivity contribution in [3.63, 3.8) is 0 Å². The molecule has 2 heterocycles. The van der Waals surface area contributed by atoms with Gasteiger partial charge < -0.3 is 15.5 Å². The van der Waals surface area contributed by atoms with Crippen LogP contribution in [0.1, 0.15) is 12.2 Å². The average molecular weight is 265 g/mol. The predicted molar refractivity (Wildman–Crippen MR) is 62.8 cm³/mol. The van der Waals surface area contributed by atoms with Crippen molar-refractivity contribution in [2.24, 2.45) is 0 Å². The summed E-state index contributed by atoms with van der Waals surface area (Å²) in [5, 5.41) is 27.9. The van der Waals surface area contributed by atoms with E-state index in [1.54, 1.807) is 17.5 Å². The number of fused-ring (bicyclic) bond motifs is 1. The summed E-state index contributed by atoms with van der Waals surface area (Å²) in [5.41, 5.74) is 0.344. The second-order valence-electron chi connectivity index (χ2n) is 3.85. The van der Waals surface area contributed by atoms with E-state index < -0.39 is 24.4 Å². The van der Waals surface area contributed by atoms with Crippen molar-refractivity contribution >= 4 is 23.4 Å². The van der Waals surface area contributed by atoms with Crippen LogP contribution in [0, 0.1) is 6.92 Å². The molecular weight excluding hydrogens is 254 g/mol. The lowest BCUT2D eigenvalue weighted by atomic mass is 10.2. The lowest BCUT2D eigenvalue weighted by molar-refractivity contribution is -0.144. The van der Waals surface area contributed by atoms with Gasteiger partial charge in [-0.05, 0) is 6.92 Å². The fraction of sp³-hybridized carbons (Fsp3) is 0.300. The summed E-state index contributed by atoms with van der Waals surface area (Å²) in [5.74, 6) is -1.70. The highest BCUT2D eigenvalue weighted by atomic mass is 16.4. The molecule has 0 saturated heterocycles. The second-order valence-corrected chi connectivity index (χ2v) is 3.85. The van der Waals surface area contributed by atoms with E-state index >= 15 is 0 Å². The fourth-order valence-corrected chi connectivity index (χ4v) is 1.58. The van der Waals surface area contributed by atoms with E-state index in [1.165, 1.54) is 6.20 Å².